The van der Waals surface area contributed by atoms with Gasteiger partial charge in [-0.2, -0.15) is 0 Å². The van der Waals surface area contributed by atoms with Gasteiger partial charge in [0.05, 0.1) is 0 Å². The van der Waals surface area contributed by atoms with Crippen molar-refractivity contribution in [1.82, 2.24) is 10.2 Å². The number of carbonyl (C=O) groups is 3. The molecule has 0 aliphatic rings. The largest absolute Gasteiger partial charge is 0.444 e. The van der Waals surface area contributed by atoms with Crippen LogP contribution in [-0.4, -0.2) is 41.0 Å². The summed E-state index contributed by atoms with van der Waals surface area (Å²) in [6.07, 6.45) is 6.49. The van der Waals surface area contributed by atoms with Gasteiger partial charge in [-0.25, -0.2) is 4.79 Å². The lowest BCUT2D eigenvalue weighted by Crippen LogP contribution is -2.54. The molecule has 0 saturated heterocycles. The number of carbonyl (C=O) groups excluding carboxylic acids is 3. The van der Waals surface area contributed by atoms with E-state index in [-0.39, 0.29) is 17.7 Å². The van der Waals surface area contributed by atoms with Crippen molar-refractivity contribution in [3.63, 3.8) is 0 Å². The Kier molecular flexibility index (Phi) is 14.2. The van der Waals surface area contributed by atoms with E-state index in [1.807, 2.05) is 70.2 Å². The fourth-order valence-electron chi connectivity index (χ4n) is 5.17. The van der Waals surface area contributed by atoms with E-state index in [4.69, 9.17) is 4.74 Å². The van der Waals surface area contributed by atoms with E-state index >= 15 is 0 Å². The van der Waals surface area contributed by atoms with Gasteiger partial charge < -0.3 is 20.3 Å². The van der Waals surface area contributed by atoms with Crippen LogP contribution in [0.5, 0.6) is 0 Å². The number of para-hydroxylation sites is 1. The van der Waals surface area contributed by atoms with Gasteiger partial charge in [0.15, 0.2) is 0 Å². The van der Waals surface area contributed by atoms with Crippen LogP contribution in [0.3, 0.4) is 0 Å². The molecule has 3 amide bonds. The Morgan fingerprint density at radius 1 is 0.860 bits per heavy atom. The number of unbranched alkanes of at least 4 members (excludes halogenated alkanes) is 5. The van der Waals surface area contributed by atoms with Crippen LogP contribution < -0.4 is 10.6 Å². The van der Waals surface area contributed by atoms with Crippen LogP contribution in [0, 0.1) is 19.8 Å². The Hall–Kier alpha value is -3.35. The second kappa shape index (κ2) is 17.1. The van der Waals surface area contributed by atoms with Crippen LogP contribution in [0.4, 0.5) is 10.5 Å². The zero-order valence-electron chi connectivity index (χ0n) is 28.0. The molecule has 0 spiro atoms. The van der Waals surface area contributed by atoms with Crippen LogP contribution in [0.2, 0.25) is 0 Å². The molecule has 238 valence electrons. The Morgan fingerprint density at radius 2 is 1.44 bits per heavy atom. The topological polar surface area (TPSA) is 87.7 Å². The van der Waals surface area contributed by atoms with Gasteiger partial charge in [0.2, 0.25) is 5.91 Å². The molecule has 2 N–H and O–H groups in total. The Labute approximate surface area is 260 Å². The average Bonchev–Trinajstić information content (AvgIpc) is 2.93. The lowest BCUT2D eigenvalue weighted by molar-refractivity contribution is -0.141. The maximum absolute atomic E-state index is 14.5. The van der Waals surface area contributed by atoms with Gasteiger partial charge in [-0.05, 0) is 75.6 Å². The number of benzene rings is 2. The fourth-order valence-corrected chi connectivity index (χ4v) is 5.17. The highest BCUT2D eigenvalue weighted by Gasteiger charge is 2.37. The van der Waals surface area contributed by atoms with Gasteiger partial charge in [-0.15, -0.1) is 0 Å². The monoisotopic (exact) mass is 593 g/mol. The molecule has 0 aliphatic heterocycles. The summed E-state index contributed by atoms with van der Waals surface area (Å²) in [6, 6.07) is 12.1. The van der Waals surface area contributed by atoms with E-state index in [0.29, 0.717) is 6.54 Å². The summed E-state index contributed by atoms with van der Waals surface area (Å²) in [6.45, 7) is 17.8. The summed E-state index contributed by atoms with van der Waals surface area (Å²) in [5.41, 5.74) is 3.84. The zero-order valence-corrected chi connectivity index (χ0v) is 28.0. The highest BCUT2D eigenvalue weighted by molar-refractivity contribution is 6.00. The molecule has 0 saturated carbocycles. The fraction of sp³-hybridized carbons (Fsp3) is 0.583. The first-order chi connectivity index (χ1) is 20.3. The van der Waals surface area contributed by atoms with Crippen LogP contribution in [0.15, 0.2) is 42.5 Å². The summed E-state index contributed by atoms with van der Waals surface area (Å²) in [5, 5.41) is 5.97. The number of nitrogens with zero attached hydrogens (tertiary/aromatic N) is 1. The van der Waals surface area contributed by atoms with Crippen LogP contribution >= 0.6 is 0 Å². The van der Waals surface area contributed by atoms with Crippen molar-refractivity contribution in [3.05, 3.63) is 64.7 Å². The number of anilines is 1. The quantitative estimate of drug-likeness (QED) is 0.203. The van der Waals surface area contributed by atoms with Crippen LogP contribution in [-0.2, 0) is 20.7 Å². The summed E-state index contributed by atoms with van der Waals surface area (Å²) in [5.74, 6) is -0.798. The van der Waals surface area contributed by atoms with E-state index in [1.165, 1.54) is 6.42 Å². The summed E-state index contributed by atoms with van der Waals surface area (Å²) in [7, 11) is 0. The van der Waals surface area contributed by atoms with Crippen molar-refractivity contribution in [3.8, 4) is 0 Å². The molecule has 0 fully saturated rings. The molecule has 2 aromatic carbocycles. The average molecular weight is 594 g/mol. The number of hydrogen-bond donors (Lipinski definition) is 2. The van der Waals surface area contributed by atoms with Gasteiger partial charge in [0, 0.05) is 12.2 Å². The number of aryl methyl sites for hydroxylation is 3. The predicted molar refractivity (Wildman–Crippen MR) is 176 cm³/mol. The Balaban J connectivity index is 2.55. The molecule has 0 bridgehead atoms. The van der Waals surface area contributed by atoms with Gasteiger partial charge in [0.25, 0.3) is 5.91 Å². The Morgan fingerprint density at radius 3 is 1.98 bits per heavy atom. The summed E-state index contributed by atoms with van der Waals surface area (Å²) >= 11 is 0. The first-order valence-corrected chi connectivity index (χ1v) is 16.0. The van der Waals surface area contributed by atoms with Gasteiger partial charge in [0.1, 0.15) is 17.7 Å². The smallest absolute Gasteiger partial charge is 0.408 e. The van der Waals surface area contributed by atoms with Crippen molar-refractivity contribution in [2.75, 3.05) is 11.9 Å². The maximum Gasteiger partial charge on any atom is 0.408 e. The number of hydrogen-bond acceptors (Lipinski definition) is 4. The van der Waals surface area contributed by atoms with Crippen LogP contribution in [0.1, 0.15) is 115 Å². The summed E-state index contributed by atoms with van der Waals surface area (Å²) in [4.78, 5) is 43.2. The highest BCUT2D eigenvalue weighted by atomic mass is 16.6. The van der Waals surface area contributed by atoms with Crippen LogP contribution in [0.25, 0.3) is 0 Å². The number of alkyl carbamates (subject to hydrolysis) is 1. The van der Waals surface area contributed by atoms with Crippen molar-refractivity contribution in [1.29, 1.82) is 0 Å². The molecule has 2 atom stereocenters. The van der Waals surface area contributed by atoms with Crippen molar-refractivity contribution in [2.45, 2.75) is 125 Å². The zero-order chi connectivity index (χ0) is 32.2. The van der Waals surface area contributed by atoms with E-state index in [0.717, 1.165) is 66.5 Å². The lowest BCUT2D eigenvalue weighted by Gasteiger charge is -2.36. The molecule has 0 radical (unpaired) electrons. The third-order valence-corrected chi connectivity index (χ3v) is 7.63. The molecular weight excluding hydrogens is 538 g/mol. The molecule has 2 rings (SSSR count). The third kappa shape index (κ3) is 11.3. The first kappa shape index (κ1) is 35.8. The van der Waals surface area contributed by atoms with E-state index in [9.17, 15) is 14.4 Å². The number of rotatable bonds is 15. The van der Waals surface area contributed by atoms with Gasteiger partial charge in [-0.1, -0.05) is 102 Å². The highest BCUT2D eigenvalue weighted by Crippen LogP contribution is 2.28. The maximum atomic E-state index is 14.5. The van der Waals surface area contributed by atoms with E-state index in [2.05, 4.69) is 24.5 Å². The molecule has 7 heteroatoms. The molecular formula is C36H55N3O4. The lowest BCUT2D eigenvalue weighted by atomic mass is 9.97. The Bertz CT molecular complexity index is 1160. The molecule has 0 aliphatic carbocycles. The second-order valence-corrected chi connectivity index (χ2v) is 12.9. The van der Waals surface area contributed by atoms with E-state index in [1.54, 1.807) is 25.7 Å². The first-order valence-electron chi connectivity index (χ1n) is 16.0. The van der Waals surface area contributed by atoms with Crippen molar-refractivity contribution >= 4 is 23.6 Å². The number of ether oxygens (including phenoxy) is 1. The standard InChI is InChI=1S/C36H55N3O4/c1-10-12-13-14-15-16-24-39(34(41)30(25(3)4)38-35(42)43-36(7,8)9)32(29-22-20-28(11-2)21-23-29)33(40)37-31-26(5)18-17-19-27(31)6/h17-23,25,30,32H,10-16,24H2,1-9H3,(H,37,40)(H,38,42). The molecule has 2 aromatic rings. The predicted octanol–water partition coefficient (Wildman–Crippen LogP) is 8.28. The SMILES string of the molecule is CCCCCCCCN(C(=O)C(NC(=O)OC(C)(C)C)C(C)C)C(C(=O)Nc1c(C)cccc1C)c1ccc(CC)cc1. The molecule has 43 heavy (non-hydrogen) atoms. The van der Waals surface area contributed by atoms with Gasteiger partial charge in [-0.3, -0.25) is 9.59 Å². The minimum atomic E-state index is -0.880. The number of amides is 3. The number of nitrogens with one attached hydrogen (secondary N) is 2. The van der Waals surface area contributed by atoms with Crippen molar-refractivity contribution < 1.29 is 19.1 Å². The van der Waals surface area contributed by atoms with Gasteiger partial charge >= 0.3 is 6.09 Å². The minimum absolute atomic E-state index is 0.225. The summed E-state index contributed by atoms with van der Waals surface area (Å²) < 4.78 is 5.51. The minimum Gasteiger partial charge on any atom is -0.444 e. The third-order valence-electron chi connectivity index (χ3n) is 7.63. The molecule has 0 heterocycles. The molecule has 0 aromatic heterocycles. The van der Waals surface area contributed by atoms with E-state index < -0.39 is 23.8 Å². The normalized spacial score (nSPS) is 12.9. The molecule has 7 nitrogen and oxygen atoms in total. The second-order valence-electron chi connectivity index (χ2n) is 12.9. The molecule has 2 unspecified atom stereocenters. The van der Waals surface area contributed by atoms with Crippen molar-refractivity contribution in [2.24, 2.45) is 5.92 Å².